The lowest BCUT2D eigenvalue weighted by Crippen LogP contribution is -2.38. The lowest BCUT2D eigenvalue weighted by Gasteiger charge is -2.28. The molecule has 8 heteroatoms. The van der Waals surface area contributed by atoms with Crippen LogP contribution in [0.5, 0.6) is 17.2 Å². The normalized spacial score (nSPS) is 18.5. The van der Waals surface area contributed by atoms with Gasteiger partial charge in [-0.1, -0.05) is 39.8 Å². The van der Waals surface area contributed by atoms with Crippen molar-refractivity contribution in [3.63, 3.8) is 0 Å². The summed E-state index contributed by atoms with van der Waals surface area (Å²) in [5.74, 6) is 0.693. The number of ketones is 1. The van der Waals surface area contributed by atoms with Crippen LogP contribution >= 0.6 is 0 Å². The highest BCUT2D eigenvalue weighted by atomic mass is 16.6. The molecule has 2 aliphatic heterocycles. The summed E-state index contributed by atoms with van der Waals surface area (Å²) in [6.07, 6.45) is 0.913. The van der Waals surface area contributed by atoms with E-state index >= 15 is 0 Å². The van der Waals surface area contributed by atoms with E-state index in [4.69, 9.17) is 14.2 Å². The highest BCUT2D eigenvalue weighted by Gasteiger charge is 2.46. The number of ether oxygens (including phenoxy) is 3. The summed E-state index contributed by atoms with van der Waals surface area (Å²) < 4.78 is 17.2. The van der Waals surface area contributed by atoms with E-state index in [2.05, 4.69) is 32.6 Å². The number of aliphatic hydroxyl groups is 1. The van der Waals surface area contributed by atoms with E-state index in [0.29, 0.717) is 67.2 Å². The van der Waals surface area contributed by atoms with Gasteiger partial charge in [0, 0.05) is 18.7 Å². The minimum Gasteiger partial charge on any atom is -0.507 e. The molecule has 8 nitrogen and oxygen atoms in total. The molecule has 1 amide bonds. The number of likely N-dealkylation sites (tertiary alicyclic amines) is 1. The van der Waals surface area contributed by atoms with Gasteiger partial charge in [-0.15, -0.1) is 0 Å². The average Bonchev–Trinajstić information content (AvgIpc) is 3.18. The number of nitrogens with zero attached hydrogens (tertiary/aromatic N) is 2. The minimum absolute atomic E-state index is 0.0607. The fourth-order valence-corrected chi connectivity index (χ4v) is 4.78. The number of hydrogen-bond donors (Lipinski definition) is 1. The number of carbonyl (C=O) groups excluding carboxylic acids is 2. The zero-order valence-corrected chi connectivity index (χ0v) is 22.7. The van der Waals surface area contributed by atoms with E-state index in [1.54, 1.807) is 23.1 Å². The number of rotatable bonds is 11. The van der Waals surface area contributed by atoms with Gasteiger partial charge in [-0.2, -0.15) is 0 Å². The zero-order valence-electron chi connectivity index (χ0n) is 22.7. The lowest BCUT2D eigenvalue weighted by molar-refractivity contribution is -0.140. The van der Waals surface area contributed by atoms with Crippen molar-refractivity contribution in [1.29, 1.82) is 0 Å². The maximum absolute atomic E-state index is 13.4. The summed E-state index contributed by atoms with van der Waals surface area (Å²) in [6.45, 7) is 12.5. The summed E-state index contributed by atoms with van der Waals surface area (Å²) in [5.41, 5.74) is 1.17. The van der Waals surface area contributed by atoms with E-state index in [1.807, 2.05) is 24.3 Å². The van der Waals surface area contributed by atoms with Crippen LogP contribution < -0.4 is 14.2 Å². The highest BCUT2D eigenvalue weighted by Crippen LogP contribution is 2.41. The second-order valence-corrected chi connectivity index (χ2v) is 9.98. The molecular formula is C30H38N2O6. The van der Waals surface area contributed by atoms with Crippen molar-refractivity contribution in [3.8, 4) is 17.2 Å². The Bertz CT molecular complexity index is 1190. The quantitative estimate of drug-likeness (QED) is 0.261. The molecule has 4 rings (SSSR count). The maximum Gasteiger partial charge on any atom is 0.295 e. The Morgan fingerprint density at radius 2 is 1.82 bits per heavy atom. The number of amides is 1. The van der Waals surface area contributed by atoms with E-state index < -0.39 is 17.7 Å². The third-order valence-electron chi connectivity index (χ3n) is 7.04. The first-order valence-electron chi connectivity index (χ1n) is 13.5. The number of Topliss-reactive ketones (excluding diaryl/α,β-unsaturated/α-hetero) is 1. The first kappa shape index (κ1) is 27.5. The Balaban J connectivity index is 1.75. The molecule has 2 heterocycles. The van der Waals surface area contributed by atoms with Gasteiger partial charge in [0.25, 0.3) is 11.7 Å². The largest absolute Gasteiger partial charge is 0.507 e. The predicted molar refractivity (Wildman–Crippen MR) is 146 cm³/mol. The molecule has 0 bridgehead atoms. The van der Waals surface area contributed by atoms with Crippen LogP contribution in [0.3, 0.4) is 0 Å². The molecule has 38 heavy (non-hydrogen) atoms. The summed E-state index contributed by atoms with van der Waals surface area (Å²) in [5, 5.41) is 11.4. The van der Waals surface area contributed by atoms with Crippen LogP contribution in [0.2, 0.25) is 0 Å². The Morgan fingerprint density at radius 1 is 1.08 bits per heavy atom. The van der Waals surface area contributed by atoms with Crippen LogP contribution in [-0.2, 0) is 9.59 Å². The van der Waals surface area contributed by atoms with Crippen LogP contribution in [0.15, 0.2) is 48.0 Å². The van der Waals surface area contributed by atoms with Gasteiger partial charge < -0.3 is 29.1 Å². The summed E-state index contributed by atoms with van der Waals surface area (Å²) in [7, 11) is 0. The predicted octanol–water partition coefficient (Wildman–Crippen LogP) is 4.65. The zero-order chi connectivity index (χ0) is 27.2. The minimum atomic E-state index is -0.743. The SMILES string of the molecule is CCN(CC)CCN1C(=O)C(=O)C(=C(O)c2ccc3c(c2)OCCO3)[C@H]1c1cccc(OCCC(C)C)c1. The van der Waals surface area contributed by atoms with E-state index in [1.165, 1.54) is 0 Å². The van der Waals surface area contributed by atoms with E-state index in [0.717, 1.165) is 19.5 Å². The molecule has 1 atom stereocenters. The summed E-state index contributed by atoms with van der Waals surface area (Å²) >= 11 is 0. The number of benzene rings is 2. The number of aliphatic hydroxyl groups excluding tert-OH is 1. The molecule has 1 saturated heterocycles. The van der Waals surface area contributed by atoms with Gasteiger partial charge in [0.15, 0.2) is 11.5 Å². The van der Waals surface area contributed by atoms with Crippen molar-refractivity contribution in [3.05, 3.63) is 59.2 Å². The van der Waals surface area contributed by atoms with Gasteiger partial charge in [-0.25, -0.2) is 0 Å². The van der Waals surface area contributed by atoms with Gasteiger partial charge in [0.2, 0.25) is 0 Å². The molecule has 0 aliphatic carbocycles. The second-order valence-electron chi connectivity index (χ2n) is 9.98. The second kappa shape index (κ2) is 12.3. The fraction of sp³-hybridized carbons (Fsp3) is 0.467. The smallest absolute Gasteiger partial charge is 0.295 e. The molecule has 0 radical (unpaired) electrons. The Morgan fingerprint density at radius 3 is 2.53 bits per heavy atom. The molecule has 204 valence electrons. The third-order valence-corrected chi connectivity index (χ3v) is 7.04. The van der Waals surface area contributed by atoms with Crippen molar-refractivity contribution >= 4 is 17.4 Å². The topological polar surface area (TPSA) is 88.5 Å². The first-order valence-corrected chi connectivity index (χ1v) is 13.5. The van der Waals surface area contributed by atoms with Crippen LogP contribution in [0.25, 0.3) is 5.76 Å². The van der Waals surface area contributed by atoms with E-state index in [-0.39, 0.29) is 11.3 Å². The molecule has 1 fully saturated rings. The summed E-state index contributed by atoms with van der Waals surface area (Å²) in [6, 6.07) is 11.7. The lowest BCUT2D eigenvalue weighted by atomic mass is 9.95. The first-order chi connectivity index (χ1) is 18.3. The van der Waals surface area contributed by atoms with Gasteiger partial charge >= 0.3 is 0 Å². The third kappa shape index (κ3) is 5.96. The monoisotopic (exact) mass is 522 g/mol. The van der Waals surface area contributed by atoms with Crippen LogP contribution in [0.4, 0.5) is 0 Å². The number of hydrogen-bond acceptors (Lipinski definition) is 7. The number of likely N-dealkylation sites (N-methyl/N-ethyl adjacent to an activating group) is 1. The average molecular weight is 523 g/mol. The molecule has 2 aliphatic rings. The molecule has 0 spiro atoms. The highest BCUT2D eigenvalue weighted by molar-refractivity contribution is 6.46. The van der Waals surface area contributed by atoms with Crippen molar-refractivity contribution in [2.45, 2.75) is 40.2 Å². The molecule has 2 aromatic rings. The van der Waals surface area contributed by atoms with E-state index in [9.17, 15) is 14.7 Å². The molecule has 0 unspecified atom stereocenters. The van der Waals surface area contributed by atoms with Crippen molar-refractivity contribution in [1.82, 2.24) is 9.80 Å². The Kier molecular flexibility index (Phi) is 8.94. The Labute approximate surface area is 224 Å². The Hall–Kier alpha value is -3.52. The van der Waals surface area contributed by atoms with Crippen LogP contribution in [0, 0.1) is 5.92 Å². The van der Waals surface area contributed by atoms with Gasteiger partial charge in [0.1, 0.15) is 24.7 Å². The number of fused-ring (bicyclic) bond motifs is 1. The molecule has 1 N–H and O–H groups in total. The van der Waals surface area contributed by atoms with Crippen molar-refractivity contribution < 1.29 is 28.9 Å². The van der Waals surface area contributed by atoms with Crippen molar-refractivity contribution in [2.75, 3.05) is 46.0 Å². The molecule has 0 aromatic heterocycles. The molecule has 0 saturated carbocycles. The summed E-state index contributed by atoms with van der Waals surface area (Å²) in [4.78, 5) is 30.5. The maximum atomic E-state index is 13.4. The van der Waals surface area contributed by atoms with Crippen molar-refractivity contribution in [2.24, 2.45) is 5.92 Å². The number of carbonyl (C=O) groups is 2. The molecular weight excluding hydrogens is 484 g/mol. The standard InChI is InChI=1S/C30H38N2O6/c1-5-31(6-2)13-14-32-27(21-8-7-9-23(18-21)36-15-12-20(3)4)26(29(34)30(32)35)28(33)22-10-11-24-25(19-22)38-17-16-37-24/h7-11,18-20,27,33H,5-6,12-17H2,1-4H3/t27-/m1/s1. The van der Waals surface area contributed by atoms with Gasteiger partial charge in [-0.05, 0) is 61.3 Å². The van der Waals surface area contributed by atoms with Crippen LogP contribution in [-0.4, -0.2) is 72.6 Å². The fourth-order valence-electron chi connectivity index (χ4n) is 4.78. The van der Waals surface area contributed by atoms with Gasteiger partial charge in [-0.3, -0.25) is 9.59 Å². The van der Waals surface area contributed by atoms with Crippen LogP contribution in [0.1, 0.15) is 51.3 Å². The van der Waals surface area contributed by atoms with Gasteiger partial charge in [0.05, 0.1) is 18.2 Å². The molecule has 2 aromatic carbocycles.